The second kappa shape index (κ2) is 11.0. The van der Waals surface area contributed by atoms with E-state index < -0.39 is 42.4 Å². The molecule has 12 heteroatoms. The molecular weight excluding hydrogens is 454 g/mol. The number of carbonyl (C=O) groups excluding carboxylic acids is 4. The Kier molecular flexibility index (Phi) is 8.06. The number of nitrogens with zero attached hydrogens (tertiary/aromatic N) is 2. The summed E-state index contributed by atoms with van der Waals surface area (Å²) in [6, 6.07) is 3.22. The van der Waals surface area contributed by atoms with Crippen LogP contribution in [0.25, 0.3) is 0 Å². The number of hydrogen-bond donors (Lipinski definition) is 1. The third kappa shape index (κ3) is 6.80. The number of esters is 3. The van der Waals surface area contributed by atoms with Gasteiger partial charge >= 0.3 is 17.9 Å². The number of carbonyl (C=O) groups is 4. The average Bonchev–Trinajstić information content (AvgIpc) is 3.22. The molecule has 1 aliphatic rings. The quantitative estimate of drug-likeness (QED) is 0.337. The Hall–Kier alpha value is -3.38. The summed E-state index contributed by atoms with van der Waals surface area (Å²) in [6.45, 7) is 3.48. The van der Waals surface area contributed by atoms with E-state index in [1.165, 1.54) is 39.4 Å². The summed E-state index contributed by atoms with van der Waals surface area (Å²) in [5.41, 5.74) is 0.481. The van der Waals surface area contributed by atoms with E-state index in [2.05, 4.69) is 15.3 Å². The van der Waals surface area contributed by atoms with Gasteiger partial charge in [0.1, 0.15) is 25.0 Å². The van der Waals surface area contributed by atoms with Crippen LogP contribution in [0.15, 0.2) is 30.7 Å². The van der Waals surface area contributed by atoms with E-state index >= 15 is 0 Å². The van der Waals surface area contributed by atoms with Crippen LogP contribution >= 0.6 is 11.3 Å². The van der Waals surface area contributed by atoms with Crippen LogP contribution in [0.1, 0.15) is 42.4 Å². The summed E-state index contributed by atoms with van der Waals surface area (Å²) in [6.07, 6.45) is 1.19. The first kappa shape index (κ1) is 24.3. The number of thiazole rings is 1. The third-order valence-electron chi connectivity index (χ3n) is 4.55. The lowest BCUT2D eigenvalue weighted by molar-refractivity contribution is -0.211. The van der Waals surface area contributed by atoms with E-state index in [9.17, 15) is 19.2 Å². The van der Waals surface area contributed by atoms with E-state index in [0.29, 0.717) is 15.6 Å². The van der Waals surface area contributed by atoms with Gasteiger partial charge in [-0.05, 0) is 12.1 Å². The Balaban J connectivity index is 1.76. The van der Waals surface area contributed by atoms with Crippen molar-refractivity contribution >= 4 is 40.2 Å². The molecule has 3 rings (SSSR count). The topological polar surface area (TPSA) is 143 Å². The molecule has 3 heterocycles. The minimum absolute atomic E-state index is 0.126. The summed E-state index contributed by atoms with van der Waals surface area (Å²) >= 11 is 1.12. The summed E-state index contributed by atoms with van der Waals surface area (Å²) in [7, 11) is 0. The fourth-order valence-corrected chi connectivity index (χ4v) is 4.08. The van der Waals surface area contributed by atoms with Crippen molar-refractivity contribution in [1.82, 2.24) is 9.97 Å². The van der Waals surface area contributed by atoms with Gasteiger partial charge < -0.3 is 24.3 Å². The van der Waals surface area contributed by atoms with E-state index in [0.717, 1.165) is 11.3 Å². The minimum Gasteiger partial charge on any atom is -0.463 e. The Labute approximate surface area is 193 Å². The average molecular weight is 477 g/mol. The van der Waals surface area contributed by atoms with E-state index in [-0.39, 0.29) is 18.8 Å². The van der Waals surface area contributed by atoms with Crippen LogP contribution in [0.4, 0.5) is 5.13 Å². The van der Waals surface area contributed by atoms with Gasteiger partial charge in [0.2, 0.25) is 5.78 Å². The first-order chi connectivity index (χ1) is 15.7. The van der Waals surface area contributed by atoms with Gasteiger partial charge in [0.25, 0.3) is 0 Å². The first-order valence-electron chi connectivity index (χ1n) is 10.0. The molecule has 1 fully saturated rings. The Bertz CT molecular complexity index is 1010. The fraction of sp³-hybridized carbons (Fsp3) is 0.429. The molecule has 0 spiro atoms. The molecule has 1 N–H and O–H groups in total. The van der Waals surface area contributed by atoms with E-state index in [4.69, 9.17) is 18.9 Å². The van der Waals surface area contributed by atoms with Gasteiger partial charge in [0.05, 0.1) is 11.1 Å². The van der Waals surface area contributed by atoms with Crippen LogP contribution in [0, 0.1) is 0 Å². The van der Waals surface area contributed by atoms with Crippen molar-refractivity contribution in [2.45, 2.75) is 51.7 Å². The molecule has 11 nitrogen and oxygen atoms in total. The molecule has 0 aliphatic carbocycles. The maximum absolute atomic E-state index is 12.6. The van der Waals surface area contributed by atoms with E-state index in [1.54, 1.807) is 12.1 Å². The smallest absolute Gasteiger partial charge is 0.303 e. The van der Waals surface area contributed by atoms with Gasteiger partial charge in [-0.25, -0.2) is 4.98 Å². The van der Waals surface area contributed by atoms with Crippen molar-refractivity contribution in [3.63, 3.8) is 0 Å². The summed E-state index contributed by atoms with van der Waals surface area (Å²) in [5.74, 6) is -1.91. The van der Waals surface area contributed by atoms with Gasteiger partial charge in [0.15, 0.2) is 11.2 Å². The monoisotopic (exact) mass is 477 g/mol. The van der Waals surface area contributed by atoms with E-state index in [1.807, 2.05) is 0 Å². The number of nitrogens with one attached hydrogen (secondary N) is 1. The van der Waals surface area contributed by atoms with Crippen LogP contribution in [-0.4, -0.2) is 64.8 Å². The second-order valence-corrected chi connectivity index (χ2v) is 8.19. The molecule has 1 aliphatic heterocycles. The molecule has 176 valence electrons. The molecule has 0 aromatic carbocycles. The van der Waals surface area contributed by atoms with Gasteiger partial charge in [-0.15, -0.1) is 0 Å². The Morgan fingerprint density at radius 3 is 2.42 bits per heavy atom. The number of hydrogen-bond acceptors (Lipinski definition) is 12. The molecule has 0 radical (unpaired) electrons. The number of anilines is 1. The second-order valence-electron chi connectivity index (χ2n) is 7.16. The molecule has 2 aromatic rings. The van der Waals surface area contributed by atoms with Crippen molar-refractivity contribution < 1.29 is 38.1 Å². The zero-order valence-corrected chi connectivity index (χ0v) is 19.0. The van der Waals surface area contributed by atoms with Crippen LogP contribution in [0.3, 0.4) is 0 Å². The van der Waals surface area contributed by atoms with Crippen LogP contribution in [0.5, 0.6) is 0 Å². The van der Waals surface area contributed by atoms with Crippen molar-refractivity contribution in [1.29, 1.82) is 0 Å². The Morgan fingerprint density at radius 1 is 1.09 bits per heavy atom. The highest BCUT2D eigenvalue weighted by Crippen LogP contribution is 2.29. The molecule has 0 saturated carbocycles. The van der Waals surface area contributed by atoms with Crippen molar-refractivity contribution in [3.8, 4) is 0 Å². The van der Waals surface area contributed by atoms with Gasteiger partial charge in [-0.1, -0.05) is 11.3 Å². The summed E-state index contributed by atoms with van der Waals surface area (Å²) < 4.78 is 21.6. The largest absolute Gasteiger partial charge is 0.463 e. The molecule has 33 heavy (non-hydrogen) atoms. The number of pyridine rings is 1. The number of rotatable bonds is 8. The van der Waals surface area contributed by atoms with Crippen molar-refractivity contribution in [3.05, 3.63) is 41.2 Å². The zero-order valence-electron chi connectivity index (χ0n) is 18.2. The fourth-order valence-electron chi connectivity index (χ4n) is 3.26. The molecular formula is C21H23N3O8S. The van der Waals surface area contributed by atoms with Crippen molar-refractivity contribution in [2.75, 3.05) is 11.9 Å². The Morgan fingerprint density at radius 2 is 1.79 bits per heavy atom. The summed E-state index contributed by atoms with van der Waals surface area (Å²) in [4.78, 5) is 55.7. The molecule has 1 saturated heterocycles. The molecule has 0 bridgehead atoms. The SMILES string of the molecule is CC(=O)OCC1O[C@H](Nc2ncc(C(=O)c3ccncc3)s2)CC(OC(C)=O)[C@@H]1OC(C)=O. The van der Waals surface area contributed by atoms with Gasteiger partial charge in [0, 0.05) is 45.1 Å². The van der Waals surface area contributed by atoms with Gasteiger partial charge in [-0.3, -0.25) is 24.2 Å². The lowest BCUT2D eigenvalue weighted by Crippen LogP contribution is -2.55. The van der Waals surface area contributed by atoms with Crippen LogP contribution in [-0.2, 0) is 33.3 Å². The number of ether oxygens (including phenoxy) is 4. The standard InChI is InChI=1S/C21H23N3O8S/c1-11(25)29-10-16-20(31-13(3)27)15(30-12(2)26)8-18(32-16)24-21-23-9-17(33-21)19(28)14-4-6-22-7-5-14/h4-7,9,15-16,18,20H,8,10H2,1-3H3,(H,23,24)/t15?,16?,18-,20-/m0/s1. The highest BCUT2D eigenvalue weighted by molar-refractivity contribution is 7.17. The molecule has 4 atom stereocenters. The van der Waals surface area contributed by atoms with Crippen molar-refractivity contribution in [2.24, 2.45) is 0 Å². The lowest BCUT2D eigenvalue weighted by atomic mass is 10.0. The predicted molar refractivity (Wildman–Crippen MR) is 114 cm³/mol. The molecule has 2 unspecified atom stereocenters. The predicted octanol–water partition coefficient (Wildman–Crippen LogP) is 1.72. The minimum atomic E-state index is -0.969. The zero-order chi connectivity index (χ0) is 24.0. The van der Waals surface area contributed by atoms with Gasteiger partial charge in [-0.2, -0.15) is 0 Å². The first-order valence-corrected chi connectivity index (χ1v) is 10.8. The third-order valence-corrected chi connectivity index (χ3v) is 5.47. The highest BCUT2D eigenvalue weighted by atomic mass is 32.1. The normalized spacial score (nSPS) is 22.2. The maximum Gasteiger partial charge on any atom is 0.303 e. The number of ketones is 1. The lowest BCUT2D eigenvalue weighted by Gasteiger charge is -2.40. The molecule has 2 aromatic heterocycles. The highest BCUT2D eigenvalue weighted by Gasteiger charge is 2.44. The molecule has 0 amide bonds. The van der Waals surface area contributed by atoms with Crippen LogP contribution in [0.2, 0.25) is 0 Å². The van der Waals surface area contributed by atoms with Crippen LogP contribution < -0.4 is 5.32 Å². The summed E-state index contributed by atoms with van der Waals surface area (Å²) in [5, 5.41) is 3.45. The maximum atomic E-state index is 12.6. The number of aromatic nitrogens is 2.